The van der Waals surface area contributed by atoms with Gasteiger partial charge in [-0.05, 0) is 18.4 Å². The number of carboxylic acid groups (broad SMARTS) is 1. The van der Waals surface area contributed by atoms with Gasteiger partial charge in [0.25, 0.3) is 5.91 Å². The molecular weight excluding hydrogens is 260 g/mol. The van der Waals surface area contributed by atoms with E-state index in [1.54, 1.807) is 6.07 Å². The van der Waals surface area contributed by atoms with Crippen LogP contribution >= 0.6 is 0 Å². The summed E-state index contributed by atoms with van der Waals surface area (Å²) in [5.41, 5.74) is 0.399. The van der Waals surface area contributed by atoms with Crippen LogP contribution in [0.3, 0.4) is 0 Å². The first-order chi connectivity index (χ1) is 9.42. The number of pyridine rings is 1. The van der Waals surface area contributed by atoms with Gasteiger partial charge in [-0.25, -0.2) is 4.98 Å². The van der Waals surface area contributed by atoms with E-state index in [1.807, 2.05) is 13.8 Å². The second-order valence-corrected chi connectivity index (χ2v) is 4.98. The van der Waals surface area contributed by atoms with Crippen LogP contribution in [-0.2, 0) is 4.79 Å². The van der Waals surface area contributed by atoms with Crippen LogP contribution in [0.1, 0.15) is 37.0 Å². The summed E-state index contributed by atoms with van der Waals surface area (Å²) in [5, 5.41) is 11.6. The van der Waals surface area contributed by atoms with E-state index in [4.69, 9.17) is 9.84 Å². The van der Waals surface area contributed by atoms with Crippen molar-refractivity contribution in [3.05, 3.63) is 23.9 Å². The summed E-state index contributed by atoms with van der Waals surface area (Å²) >= 11 is 0. The fourth-order valence-electron chi connectivity index (χ4n) is 1.90. The van der Waals surface area contributed by atoms with Crippen molar-refractivity contribution in [3.63, 3.8) is 0 Å². The van der Waals surface area contributed by atoms with E-state index in [-0.39, 0.29) is 18.4 Å². The highest BCUT2D eigenvalue weighted by atomic mass is 16.5. The quantitative estimate of drug-likeness (QED) is 0.793. The zero-order chi connectivity index (χ0) is 15.1. The summed E-state index contributed by atoms with van der Waals surface area (Å²) < 4.78 is 4.95. The Morgan fingerprint density at radius 1 is 1.45 bits per heavy atom. The minimum atomic E-state index is -0.928. The van der Waals surface area contributed by atoms with Crippen molar-refractivity contribution in [2.45, 2.75) is 32.7 Å². The zero-order valence-electron chi connectivity index (χ0n) is 11.9. The minimum absolute atomic E-state index is 0.0911. The molecule has 0 fully saturated rings. The SMILES string of the molecule is COc1cc(C(=O)N[C@@H](CC(=O)O)CC(C)C)ccn1. The van der Waals surface area contributed by atoms with E-state index in [0.717, 1.165) is 0 Å². The van der Waals surface area contributed by atoms with E-state index in [0.29, 0.717) is 23.8 Å². The van der Waals surface area contributed by atoms with E-state index in [2.05, 4.69) is 10.3 Å². The molecule has 0 aliphatic heterocycles. The van der Waals surface area contributed by atoms with Gasteiger partial charge in [-0.3, -0.25) is 9.59 Å². The number of carbonyl (C=O) groups is 2. The average molecular weight is 280 g/mol. The third-order valence-corrected chi connectivity index (χ3v) is 2.72. The van der Waals surface area contributed by atoms with Crippen molar-refractivity contribution in [2.75, 3.05) is 7.11 Å². The molecule has 1 amide bonds. The van der Waals surface area contributed by atoms with Crippen molar-refractivity contribution < 1.29 is 19.4 Å². The normalized spacial score (nSPS) is 12.0. The molecule has 0 aromatic carbocycles. The molecule has 0 unspecified atom stereocenters. The van der Waals surface area contributed by atoms with Gasteiger partial charge in [-0.15, -0.1) is 0 Å². The number of ether oxygens (including phenoxy) is 1. The van der Waals surface area contributed by atoms with Crippen LogP contribution in [0, 0.1) is 5.92 Å². The minimum Gasteiger partial charge on any atom is -0.481 e. The van der Waals surface area contributed by atoms with Crippen molar-refractivity contribution in [1.82, 2.24) is 10.3 Å². The molecule has 0 saturated carbocycles. The molecule has 2 N–H and O–H groups in total. The van der Waals surface area contributed by atoms with Crippen molar-refractivity contribution in [2.24, 2.45) is 5.92 Å². The number of methoxy groups -OCH3 is 1. The second-order valence-electron chi connectivity index (χ2n) is 4.98. The van der Waals surface area contributed by atoms with Gasteiger partial charge in [0.2, 0.25) is 5.88 Å². The number of hydrogen-bond acceptors (Lipinski definition) is 4. The summed E-state index contributed by atoms with van der Waals surface area (Å²) in [5.74, 6) is -0.608. The van der Waals surface area contributed by atoms with Gasteiger partial charge < -0.3 is 15.2 Å². The Morgan fingerprint density at radius 3 is 2.70 bits per heavy atom. The average Bonchev–Trinajstić information content (AvgIpc) is 2.37. The van der Waals surface area contributed by atoms with Gasteiger partial charge >= 0.3 is 5.97 Å². The third kappa shape index (κ3) is 5.26. The van der Waals surface area contributed by atoms with Crippen LogP contribution in [0.5, 0.6) is 5.88 Å². The number of carbonyl (C=O) groups excluding carboxylic acids is 1. The molecule has 0 spiro atoms. The van der Waals surface area contributed by atoms with Crippen LogP contribution in [-0.4, -0.2) is 35.1 Å². The fraction of sp³-hybridized carbons (Fsp3) is 0.500. The molecule has 1 aromatic heterocycles. The maximum atomic E-state index is 12.1. The highest BCUT2D eigenvalue weighted by Crippen LogP contribution is 2.12. The standard InChI is InChI=1S/C14H20N2O4/c1-9(2)6-11(8-13(17)18)16-14(19)10-4-5-15-12(7-10)20-3/h4-5,7,9,11H,6,8H2,1-3H3,(H,16,19)(H,17,18)/t11-/m1/s1. The first-order valence-corrected chi connectivity index (χ1v) is 6.45. The monoisotopic (exact) mass is 280 g/mol. The second kappa shape index (κ2) is 7.47. The van der Waals surface area contributed by atoms with Gasteiger partial charge in [0.1, 0.15) is 0 Å². The Hall–Kier alpha value is -2.11. The predicted molar refractivity (Wildman–Crippen MR) is 73.8 cm³/mol. The lowest BCUT2D eigenvalue weighted by atomic mass is 10.0. The maximum absolute atomic E-state index is 12.1. The van der Waals surface area contributed by atoms with Crippen LogP contribution in [0.25, 0.3) is 0 Å². The van der Waals surface area contributed by atoms with Crippen molar-refractivity contribution >= 4 is 11.9 Å². The molecule has 1 heterocycles. The van der Waals surface area contributed by atoms with Gasteiger partial charge in [0.05, 0.1) is 13.5 Å². The summed E-state index contributed by atoms with van der Waals surface area (Å²) in [6, 6.07) is 2.69. The number of hydrogen-bond donors (Lipinski definition) is 2. The zero-order valence-corrected chi connectivity index (χ0v) is 11.9. The number of aliphatic carboxylic acids is 1. The Balaban J connectivity index is 2.75. The number of rotatable bonds is 7. The van der Waals surface area contributed by atoms with Crippen LogP contribution in [0.15, 0.2) is 18.3 Å². The molecule has 1 aromatic rings. The van der Waals surface area contributed by atoms with E-state index in [9.17, 15) is 9.59 Å². The lowest BCUT2D eigenvalue weighted by molar-refractivity contribution is -0.137. The Morgan fingerprint density at radius 2 is 2.15 bits per heavy atom. The predicted octanol–water partition coefficient (Wildman–Crippen LogP) is 1.71. The smallest absolute Gasteiger partial charge is 0.305 e. The van der Waals surface area contributed by atoms with Gasteiger partial charge in [-0.2, -0.15) is 0 Å². The molecule has 1 atom stereocenters. The van der Waals surface area contributed by atoms with E-state index < -0.39 is 5.97 Å². The van der Waals surface area contributed by atoms with Gasteiger partial charge in [0.15, 0.2) is 0 Å². The highest BCUT2D eigenvalue weighted by molar-refractivity contribution is 5.94. The van der Waals surface area contributed by atoms with E-state index >= 15 is 0 Å². The Labute approximate surface area is 118 Å². The van der Waals surface area contributed by atoms with Gasteiger partial charge in [-0.1, -0.05) is 13.8 Å². The van der Waals surface area contributed by atoms with Crippen LogP contribution < -0.4 is 10.1 Å². The maximum Gasteiger partial charge on any atom is 0.305 e. The number of nitrogens with zero attached hydrogens (tertiary/aromatic N) is 1. The third-order valence-electron chi connectivity index (χ3n) is 2.72. The number of nitrogens with one attached hydrogen (secondary N) is 1. The number of carboxylic acids is 1. The lowest BCUT2D eigenvalue weighted by Crippen LogP contribution is -2.37. The molecule has 6 heteroatoms. The van der Waals surface area contributed by atoms with Crippen molar-refractivity contribution in [3.8, 4) is 5.88 Å². The number of aromatic nitrogens is 1. The summed E-state index contributed by atoms with van der Waals surface area (Å²) in [6.07, 6.45) is 1.99. The van der Waals surface area contributed by atoms with Crippen LogP contribution in [0.4, 0.5) is 0 Å². The number of amides is 1. The van der Waals surface area contributed by atoms with Crippen molar-refractivity contribution in [1.29, 1.82) is 0 Å². The van der Waals surface area contributed by atoms with Gasteiger partial charge in [0, 0.05) is 23.9 Å². The molecule has 0 aliphatic rings. The first kappa shape index (κ1) is 15.9. The fourth-order valence-corrected chi connectivity index (χ4v) is 1.90. The first-order valence-electron chi connectivity index (χ1n) is 6.45. The Kier molecular flexibility index (Phi) is 5.96. The van der Waals surface area contributed by atoms with E-state index in [1.165, 1.54) is 19.4 Å². The molecule has 0 aliphatic carbocycles. The molecule has 0 radical (unpaired) electrons. The largest absolute Gasteiger partial charge is 0.481 e. The topological polar surface area (TPSA) is 88.5 Å². The van der Waals surface area contributed by atoms with Crippen LogP contribution in [0.2, 0.25) is 0 Å². The molecule has 20 heavy (non-hydrogen) atoms. The lowest BCUT2D eigenvalue weighted by Gasteiger charge is -2.19. The summed E-state index contributed by atoms with van der Waals surface area (Å²) in [7, 11) is 1.47. The molecule has 6 nitrogen and oxygen atoms in total. The Bertz CT molecular complexity index is 474. The molecular formula is C14H20N2O4. The molecule has 110 valence electrons. The highest BCUT2D eigenvalue weighted by Gasteiger charge is 2.18. The molecule has 0 saturated heterocycles. The molecule has 1 rings (SSSR count). The summed E-state index contributed by atoms with van der Waals surface area (Å²) in [4.78, 5) is 26.8. The molecule has 0 bridgehead atoms. The summed E-state index contributed by atoms with van der Waals surface area (Å²) in [6.45, 7) is 3.97.